The monoisotopic (exact) mass is 311 g/mol. The van der Waals surface area contributed by atoms with Gasteiger partial charge in [-0.15, -0.1) is 0 Å². The highest BCUT2D eigenvalue weighted by molar-refractivity contribution is 5.92. The summed E-state index contributed by atoms with van der Waals surface area (Å²) in [6.45, 7) is 4.86. The van der Waals surface area contributed by atoms with E-state index >= 15 is 0 Å². The van der Waals surface area contributed by atoms with E-state index < -0.39 is 30.5 Å². The zero-order chi connectivity index (χ0) is 16.7. The molecular weight excluding hydrogens is 290 g/mol. The molecule has 0 spiro atoms. The summed E-state index contributed by atoms with van der Waals surface area (Å²) in [5.41, 5.74) is 0.263. The third kappa shape index (κ3) is 4.61. The predicted molar refractivity (Wildman–Crippen MR) is 77.1 cm³/mol. The van der Waals surface area contributed by atoms with Gasteiger partial charge in [0.25, 0.3) is 5.91 Å². The molecule has 122 valence electrons. The highest BCUT2D eigenvalue weighted by Gasteiger charge is 2.27. The molecule has 0 saturated carbocycles. The molecular formula is C15H21NO6. The molecule has 1 heterocycles. The lowest BCUT2D eigenvalue weighted by atomic mass is 9.99. The molecule has 2 unspecified atom stereocenters. The zero-order valence-electron chi connectivity index (χ0n) is 13.2. The lowest BCUT2D eigenvalue weighted by Gasteiger charge is -2.21. The summed E-state index contributed by atoms with van der Waals surface area (Å²) in [5, 5.41) is 2.52. The number of rotatable bonds is 7. The van der Waals surface area contributed by atoms with Crippen molar-refractivity contribution in [1.29, 1.82) is 0 Å². The van der Waals surface area contributed by atoms with E-state index in [2.05, 4.69) is 10.1 Å². The number of methoxy groups -OCH3 is 1. The molecule has 0 aliphatic heterocycles. The second-order valence-electron chi connectivity index (χ2n) is 4.92. The van der Waals surface area contributed by atoms with Gasteiger partial charge < -0.3 is 19.2 Å². The van der Waals surface area contributed by atoms with Gasteiger partial charge in [-0.05, 0) is 18.9 Å². The van der Waals surface area contributed by atoms with E-state index in [1.807, 2.05) is 13.8 Å². The van der Waals surface area contributed by atoms with Crippen LogP contribution in [0.1, 0.15) is 36.4 Å². The van der Waals surface area contributed by atoms with E-state index in [-0.39, 0.29) is 11.5 Å². The number of nitrogens with one attached hydrogen (secondary N) is 1. The molecule has 7 nitrogen and oxygen atoms in total. The number of hydrogen-bond acceptors (Lipinski definition) is 6. The maximum Gasteiger partial charge on any atom is 0.342 e. The normalized spacial score (nSPS) is 13.1. The molecule has 22 heavy (non-hydrogen) atoms. The first-order valence-electron chi connectivity index (χ1n) is 6.99. The average Bonchev–Trinajstić information content (AvgIpc) is 2.94. The molecule has 0 bridgehead atoms. The van der Waals surface area contributed by atoms with Crippen molar-refractivity contribution in [3.05, 3.63) is 23.7 Å². The highest BCUT2D eigenvalue weighted by atomic mass is 16.5. The SMILES string of the molecule is CCC(C)C(NC(=O)COC(=O)c1ccoc1C)C(=O)OC. The van der Waals surface area contributed by atoms with Gasteiger partial charge in [0.1, 0.15) is 17.4 Å². The molecule has 1 amide bonds. The first-order valence-corrected chi connectivity index (χ1v) is 6.99. The van der Waals surface area contributed by atoms with Gasteiger partial charge in [0.05, 0.1) is 13.4 Å². The van der Waals surface area contributed by atoms with Crippen molar-refractivity contribution < 1.29 is 28.3 Å². The van der Waals surface area contributed by atoms with Crippen LogP contribution in [0.4, 0.5) is 0 Å². The van der Waals surface area contributed by atoms with E-state index in [9.17, 15) is 14.4 Å². The number of hydrogen-bond donors (Lipinski definition) is 1. The highest BCUT2D eigenvalue weighted by Crippen LogP contribution is 2.11. The average molecular weight is 311 g/mol. The minimum atomic E-state index is -0.767. The van der Waals surface area contributed by atoms with Crippen LogP contribution < -0.4 is 5.32 Å². The lowest BCUT2D eigenvalue weighted by molar-refractivity contribution is -0.147. The fourth-order valence-corrected chi connectivity index (χ4v) is 1.82. The molecule has 1 rings (SSSR count). The van der Waals surface area contributed by atoms with E-state index in [0.29, 0.717) is 12.2 Å². The molecule has 2 atom stereocenters. The largest absolute Gasteiger partial charge is 0.469 e. The minimum absolute atomic E-state index is 0.0942. The molecule has 0 aliphatic rings. The number of ether oxygens (including phenoxy) is 2. The first kappa shape index (κ1) is 17.7. The Balaban J connectivity index is 2.55. The summed E-state index contributed by atoms with van der Waals surface area (Å²) in [6, 6.07) is 0.697. The second-order valence-corrected chi connectivity index (χ2v) is 4.92. The van der Waals surface area contributed by atoms with Crippen molar-refractivity contribution in [2.45, 2.75) is 33.2 Å². The Hall–Kier alpha value is -2.31. The van der Waals surface area contributed by atoms with Gasteiger partial charge in [0, 0.05) is 0 Å². The maximum atomic E-state index is 11.8. The maximum absolute atomic E-state index is 11.8. The lowest BCUT2D eigenvalue weighted by Crippen LogP contribution is -2.47. The van der Waals surface area contributed by atoms with Gasteiger partial charge in [-0.3, -0.25) is 4.79 Å². The Morgan fingerprint density at radius 3 is 2.55 bits per heavy atom. The van der Waals surface area contributed by atoms with Gasteiger partial charge in [-0.2, -0.15) is 0 Å². The molecule has 7 heteroatoms. The fourth-order valence-electron chi connectivity index (χ4n) is 1.82. The van der Waals surface area contributed by atoms with Crippen LogP contribution in [0.5, 0.6) is 0 Å². The Labute approximate surface area is 129 Å². The van der Waals surface area contributed by atoms with Gasteiger partial charge in [0.2, 0.25) is 0 Å². The topological polar surface area (TPSA) is 94.8 Å². The van der Waals surface area contributed by atoms with Crippen molar-refractivity contribution in [1.82, 2.24) is 5.32 Å². The standard InChI is InChI=1S/C15H21NO6/c1-5-9(2)13(15(19)20-4)16-12(17)8-22-14(18)11-6-7-21-10(11)3/h6-7,9,13H,5,8H2,1-4H3,(H,16,17). The molecule has 1 aromatic rings. The molecule has 1 N–H and O–H groups in total. The molecule has 1 aromatic heterocycles. The Morgan fingerprint density at radius 1 is 1.36 bits per heavy atom. The van der Waals surface area contributed by atoms with Crippen molar-refractivity contribution >= 4 is 17.8 Å². The van der Waals surface area contributed by atoms with E-state index in [1.165, 1.54) is 19.4 Å². The number of esters is 2. The van der Waals surface area contributed by atoms with Crippen LogP contribution in [0, 0.1) is 12.8 Å². The Kier molecular flexibility index (Phi) is 6.62. The van der Waals surface area contributed by atoms with Crippen molar-refractivity contribution in [2.24, 2.45) is 5.92 Å². The van der Waals surface area contributed by atoms with Crippen LogP contribution in [0.25, 0.3) is 0 Å². The number of carbonyl (C=O) groups excluding carboxylic acids is 3. The smallest absolute Gasteiger partial charge is 0.342 e. The van der Waals surface area contributed by atoms with Crippen LogP contribution in [0.3, 0.4) is 0 Å². The van der Waals surface area contributed by atoms with Crippen LogP contribution in [-0.2, 0) is 19.1 Å². The zero-order valence-corrected chi connectivity index (χ0v) is 13.2. The van der Waals surface area contributed by atoms with Gasteiger partial charge in [-0.25, -0.2) is 9.59 Å². The van der Waals surface area contributed by atoms with Gasteiger partial charge in [-0.1, -0.05) is 20.3 Å². The van der Waals surface area contributed by atoms with Crippen LogP contribution in [0.2, 0.25) is 0 Å². The minimum Gasteiger partial charge on any atom is -0.469 e. The van der Waals surface area contributed by atoms with Crippen molar-refractivity contribution in [3.8, 4) is 0 Å². The summed E-state index contributed by atoms with van der Waals surface area (Å²) in [6.07, 6.45) is 2.05. The quantitative estimate of drug-likeness (QED) is 0.766. The van der Waals surface area contributed by atoms with E-state index in [1.54, 1.807) is 6.92 Å². The summed E-state index contributed by atoms with van der Waals surface area (Å²) in [5.74, 6) is -1.43. The summed E-state index contributed by atoms with van der Waals surface area (Å²) in [7, 11) is 1.26. The molecule has 0 aromatic carbocycles. The summed E-state index contributed by atoms with van der Waals surface area (Å²) < 4.78 is 14.5. The predicted octanol–water partition coefficient (Wildman–Crippen LogP) is 1.45. The van der Waals surface area contributed by atoms with Gasteiger partial charge >= 0.3 is 11.9 Å². The van der Waals surface area contributed by atoms with Gasteiger partial charge in [0.15, 0.2) is 6.61 Å². The number of amides is 1. The van der Waals surface area contributed by atoms with E-state index in [4.69, 9.17) is 9.15 Å². The van der Waals surface area contributed by atoms with Crippen molar-refractivity contribution in [3.63, 3.8) is 0 Å². The van der Waals surface area contributed by atoms with Crippen LogP contribution in [0.15, 0.2) is 16.7 Å². The second kappa shape index (κ2) is 8.21. The van der Waals surface area contributed by atoms with Crippen LogP contribution in [-0.4, -0.2) is 37.6 Å². The Bertz CT molecular complexity index is 536. The summed E-state index contributed by atoms with van der Waals surface area (Å²) in [4.78, 5) is 35.2. The Morgan fingerprint density at radius 2 is 2.05 bits per heavy atom. The number of aryl methyl sites for hydroxylation is 1. The molecule has 0 aliphatic carbocycles. The molecule has 0 radical (unpaired) electrons. The van der Waals surface area contributed by atoms with Crippen molar-refractivity contribution in [2.75, 3.05) is 13.7 Å². The third-order valence-electron chi connectivity index (χ3n) is 3.40. The number of carbonyl (C=O) groups is 3. The molecule has 0 saturated heterocycles. The summed E-state index contributed by atoms with van der Waals surface area (Å²) >= 11 is 0. The van der Waals surface area contributed by atoms with Crippen LogP contribution >= 0.6 is 0 Å². The third-order valence-corrected chi connectivity index (χ3v) is 3.40. The van der Waals surface area contributed by atoms with E-state index in [0.717, 1.165) is 0 Å². The first-order chi connectivity index (χ1) is 10.4. The fraction of sp³-hybridized carbons (Fsp3) is 0.533. The number of furan rings is 1. The molecule has 0 fully saturated rings.